The Labute approximate surface area is 123 Å². The second kappa shape index (κ2) is 7.05. The van der Waals surface area contributed by atoms with Crippen LogP contribution >= 0.6 is 0 Å². The van der Waals surface area contributed by atoms with Gasteiger partial charge in [-0.05, 0) is 11.6 Å². The Bertz CT molecular complexity index is 621. The van der Waals surface area contributed by atoms with Crippen molar-refractivity contribution in [1.29, 1.82) is 5.26 Å². The molecule has 0 saturated carbocycles. The molecule has 0 atom stereocenters. The van der Waals surface area contributed by atoms with E-state index in [0.29, 0.717) is 31.1 Å². The second-order valence-electron chi connectivity index (χ2n) is 4.41. The number of anilines is 3. The molecular formula is C14H17N7. The van der Waals surface area contributed by atoms with Gasteiger partial charge in [0, 0.05) is 38.6 Å². The molecule has 7 nitrogen and oxygen atoms in total. The zero-order valence-electron chi connectivity index (χ0n) is 11.8. The number of nitrogen functional groups attached to an aromatic ring is 1. The van der Waals surface area contributed by atoms with Gasteiger partial charge in [0.15, 0.2) is 0 Å². The van der Waals surface area contributed by atoms with Crippen molar-refractivity contribution in [2.45, 2.75) is 13.0 Å². The van der Waals surface area contributed by atoms with Crippen LogP contribution in [0.1, 0.15) is 12.0 Å². The number of aromatic nitrogens is 3. The van der Waals surface area contributed by atoms with E-state index < -0.39 is 0 Å². The number of nitrogens with one attached hydrogen (secondary N) is 1. The van der Waals surface area contributed by atoms with Gasteiger partial charge >= 0.3 is 0 Å². The minimum atomic E-state index is 0.199. The quantitative estimate of drug-likeness (QED) is 0.826. The van der Waals surface area contributed by atoms with E-state index in [0.717, 1.165) is 5.56 Å². The first kappa shape index (κ1) is 14.5. The Morgan fingerprint density at radius 1 is 1.43 bits per heavy atom. The lowest BCUT2D eigenvalue weighted by atomic mass is 10.2. The van der Waals surface area contributed by atoms with E-state index in [4.69, 9.17) is 11.0 Å². The molecule has 0 amide bonds. The maximum absolute atomic E-state index is 8.82. The average molecular weight is 283 g/mol. The molecule has 0 bridgehead atoms. The number of nitriles is 1. The molecule has 2 aromatic rings. The van der Waals surface area contributed by atoms with Crippen LogP contribution in [0.25, 0.3) is 0 Å². The lowest BCUT2D eigenvalue weighted by Gasteiger charge is -2.23. The number of pyridine rings is 1. The molecule has 0 aliphatic carbocycles. The highest BCUT2D eigenvalue weighted by atomic mass is 15.2. The molecule has 0 unspecified atom stereocenters. The molecule has 0 radical (unpaired) electrons. The molecule has 7 heteroatoms. The third-order valence-corrected chi connectivity index (χ3v) is 2.90. The van der Waals surface area contributed by atoms with E-state index in [1.54, 1.807) is 19.4 Å². The van der Waals surface area contributed by atoms with Crippen molar-refractivity contribution in [2.75, 3.05) is 29.5 Å². The van der Waals surface area contributed by atoms with Crippen molar-refractivity contribution >= 4 is 17.6 Å². The van der Waals surface area contributed by atoms with Crippen LogP contribution < -0.4 is 16.0 Å². The summed E-state index contributed by atoms with van der Waals surface area (Å²) >= 11 is 0. The van der Waals surface area contributed by atoms with Gasteiger partial charge in [0.05, 0.1) is 12.5 Å². The molecule has 21 heavy (non-hydrogen) atoms. The summed E-state index contributed by atoms with van der Waals surface area (Å²) in [5.41, 5.74) is 6.77. The maximum Gasteiger partial charge on any atom is 0.223 e. The molecule has 0 fully saturated rings. The molecule has 0 aromatic carbocycles. The molecule has 0 spiro atoms. The number of nitrogens with two attached hydrogens (primary N) is 1. The normalized spacial score (nSPS) is 9.90. The summed E-state index contributed by atoms with van der Waals surface area (Å²) < 4.78 is 0. The van der Waals surface area contributed by atoms with Crippen LogP contribution in [0.15, 0.2) is 30.6 Å². The molecule has 0 saturated heterocycles. The number of hydrogen-bond donors (Lipinski definition) is 2. The maximum atomic E-state index is 8.82. The van der Waals surface area contributed by atoms with E-state index in [1.807, 2.05) is 23.1 Å². The molecular weight excluding hydrogens is 266 g/mol. The summed E-state index contributed by atoms with van der Waals surface area (Å²) in [7, 11) is 1.77. The first-order valence-corrected chi connectivity index (χ1v) is 6.56. The second-order valence-corrected chi connectivity index (χ2v) is 4.41. The average Bonchev–Trinajstić information content (AvgIpc) is 2.51. The van der Waals surface area contributed by atoms with Crippen molar-refractivity contribution < 1.29 is 0 Å². The van der Waals surface area contributed by atoms with Crippen LogP contribution in [-0.2, 0) is 6.54 Å². The first-order valence-electron chi connectivity index (χ1n) is 6.56. The number of nitrogens with zero attached hydrogens (tertiary/aromatic N) is 5. The Balaban J connectivity index is 2.27. The highest BCUT2D eigenvalue weighted by molar-refractivity contribution is 5.52. The van der Waals surface area contributed by atoms with Gasteiger partial charge in [-0.25, -0.2) is 0 Å². The van der Waals surface area contributed by atoms with Crippen LogP contribution in [0, 0.1) is 11.3 Å². The summed E-state index contributed by atoms with van der Waals surface area (Å²) in [6.07, 6.45) is 3.92. The Kier molecular flexibility index (Phi) is 4.88. The van der Waals surface area contributed by atoms with E-state index in [2.05, 4.69) is 26.3 Å². The molecule has 2 aromatic heterocycles. The fourth-order valence-corrected chi connectivity index (χ4v) is 1.91. The fraction of sp³-hybridized carbons (Fsp3) is 0.286. The zero-order chi connectivity index (χ0) is 15.1. The van der Waals surface area contributed by atoms with Gasteiger partial charge < -0.3 is 16.0 Å². The Hall–Kier alpha value is -2.88. The summed E-state index contributed by atoms with van der Waals surface area (Å²) in [5, 5.41) is 11.8. The molecule has 0 aliphatic heterocycles. The van der Waals surface area contributed by atoms with Crippen LogP contribution in [0.3, 0.4) is 0 Å². The van der Waals surface area contributed by atoms with Crippen molar-refractivity contribution in [3.05, 3.63) is 36.2 Å². The van der Waals surface area contributed by atoms with Crippen molar-refractivity contribution in [3.8, 4) is 6.07 Å². The van der Waals surface area contributed by atoms with Crippen LogP contribution in [-0.4, -0.2) is 28.5 Å². The van der Waals surface area contributed by atoms with E-state index in [1.165, 1.54) is 0 Å². The lowest BCUT2D eigenvalue weighted by Crippen LogP contribution is -2.25. The van der Waals surface area contributed by atoms with Gasteiger partial charge in [0.1, 0.15) is 11.6 Å². The van der Waals surface area contributed by atoms with Crippen LogP contribution in [0.5, 0.6) is 0 Å². The summed E-state index contributed by atoms with van der Waals surface area (Å²) in [6, 6.07) is 7.82. The van der Waals surface area contributed by atoms with E-state index in [-0.39, 0.29) is 5.95 Å². The Morgan fingerprint density at radius 2 is 2.29 bits per heavy atom. The third-order valence-electron chi connectivity index (χ3n) is 2.90. The van der Waals surface area contributed by atoms with Crippen molar-refractivity contribution in [3.63, 3.8) is 0 Å². The van der Waals surface area contributed by atoms with Gasteiger partial charge in [-0.15, -0.1) is 0 Å². The smallest absolute Gasteiger partial charge is 0.223 e. The molecule has 3 N–H and O–H groups in total. The van der Waals surface area contributed by atoms with Gasteiger partial charge in [-0.1, -0.05) is 6.07 Å². The predicted molar refractivity (Wildman–Crippen MR) is 81.5 cm³/mol. The lowest BCUT2D eigenvalue weighted by molar-refractivity contribution is 0.779. The number of hydrogen-bond acceptors (Lipinski definition) is 7. The summed E-state index contributed by atoms with van der Waals surface area (Å²) in [6.45, 7) is 1.17. The van der Waals surface area contributed by atoms with Crippen molar-refractivity contribution in [2.24, 2.45) is 0 Å². The van der Waals surface area contributed by atoms with Gasteiger partial charge in [-0.3, -0.25) is 4.98 Å². The highest BCUT2D eigenvalue weighted by Gasteiger charge is 2.11. The minimum absolute atomic E-state index is 0.199. The fourth-order valence-electron chi connectivity index (χ4n) is 1.91. The van der Waals surface area contributed by atoms with Gasteiger partial charge in [0.25, 0.3) is 0 Å². The first-order chi connectivity index (χ1) is 10.2. The van der Waals surface area contributed by atoms with Gasteiger partial charge in [-0.2, -0.15) is 15.2 Å². The van der Waals surface area contributed by atoms with Crippen LogP contribution in [0.2, 0.25) is 0 Å². The topological polar surface area (TPSA) is 104 Å². The van der Waals surface area contributed by atoms with Gasteiger partial charge in [0.2, 0.25) is 5.95 Å². The molecule has 2 rings (SSSR count). The third kappa shape index (κ3) is 4.04. The van der Waals surface area contributed by atoms with E-state index in [9.17, 15) is 0 Å². The van der Waals surface area contributed by atoms with Crippen molar-refractivity contribution in [1.82, 2.24) is 15.0 Å². The zero-order valence-corrected chi connectivity index (χ0v) is 11.8. The highest BCUT2D eigenvalue weighted by Crippen LogP contribution is 2.19. The molecule has 0 aliphatic rings. The SMILES string of the molecule is CNc1cc(N(CCC#N)Cc2cccnc2)nc(N)n1. The molecule has 108 valence electrons. The molecule has 2 heterocycles. The largest absolute Gasteiger partial charge is 0.373 e. The minimum Gasteiger partial charge on any atom is -0.373 e. The monoisotopic (exact) mass is 283 g/mol. The summed E-state index contributed by atoms with van der Waals surface area (Å²) in [4.78, 5) is 14.4. The van der Waals surface area contributed by atoms with E-state index >= 15 is 0 Å². The standard InChI is InChI=1S/C14H17N7/c1-17-12-8-13(20-14(16)19-12)21(7-3-5-15)10-11-4-2-6-18-9-11/h2,4,6,8-9H,3,7,10H2,1H3,(H3,16,17,19,20). The Morgan fingerprint density at radius 3 is 2.95 bits per heavy atom. The summed E-state index contributed by atoms with van der Waals surface area (Å²) in [5.74, 6) is 1.53. The number of rotatable bonds is 6. The predicted octanol–water partition coefficient (Wildman–Crippen LogP) is 1.42. The van der Waals surface area contributed by atoms with Crippen LogP contribution in [0.4, 0.5) is 17.6 Å².